The second kappa shape index (κ2) is 5.14. The molecule has 0 saturated heterocycles. The fourth-order valence-electron chi connectivity index (χ4n) is 1.42. The van der Waals surface area contributed by atoms with E-state index in [1.807, 2.05) is 0 Å². The molecule has 0 aromatic carbocycles. The van der Waals surface area contributed by atoms with Gasteiger partial charge in [0, 0.05) is 18.1 Å². The summed E-state index contributed by atoms with van der Waals surface area (Å²) >= 11 is 3.26. The fourth-order valence-corrected chi connectivity index (χ4v) is 1.77. The summed E-state index contributed by atoms with van der Waals surface area (Å²) in [7, 11) is 0. The van der Waals surface area contributed by atoms with Gasteiger partial charge >= 0.3 is 0 Å². The van der Waals surface area contributed by atoms with Gasteiger partial charge in [0.25, 0.3) is 11.5 Å². The number of H-pyrrole nitrogens is 1. The highest BCUT2D eigenvalue weighted by molar-refractivity contribution is 9.10. The summed E-state index contributed by atoms with van der Waals surface area (Å²) in [5.74, 6) is -0.455. The number of aromatic nitrogens is 2. The number of rotatable bonds is 2. The molecule has 0 atom stereocenters. The van der Waals surface area contributed by atoms with E-state index in [1.165, 1.54) is 6.07 Å². The van der Waals surface area contributed by atoms with Gasteiger partial charge < -0.3 is 10.3 Å². The number of aromatic amines is 1. The van der Waals surface area contributed by atoms with E-state index in [0.29, 0.717) is 15.9 Å². The SMILES string of the molecule is Cc1ccc(C(=O)Nc2ccncc2Br)c(=O)[nH]1. The number of pyridine rings is 2. The Morgan fingerprint density at radius 1 is 1.39 bits per heavy atom. The van der Waals surface area contributed by atoms with E-state index in [0.717, 1.165) is 0 Å². The first kappa shape index (κ1) is 12.5. The second-order valence-electron chi connectivity index (χ2n) is 3.69. The highest BCUT2D eigenvalue weighted by atomic mass is 79.9. The van der Waals surface area contributed by atoms with Crippen molar-refractivity contribution in [3.8, 4) is 0 Å². The van der Waals surface area contributed by atoms with Crippen molar-refractivity contribution in [2.24, 2.45) is 0 Å². The zero-order valence-electron chi connectivity index (χ0n) is 9.53. The van der Waals surface area contributed by atoms with Gasteiger partial charge in [0.05, 0.1) is 10.2 Å². The molecule has 0 bridgehead atoms. The van der Waals surface area contributed by atoms with Crippen LogP contribution in [-0.4, -0.2) is 15.9 Å². The lowest BCUT2D eigenvalue weighted by molar-refractivity contribution is 0.102. The third-order valence-corrected chi connectivity index (χ3v) is 2.95. The van der Waals surface area contributed by atoms with Crippen molar-refractivity contribution < 1.29 is 4.79 Å². The average Bonchev–Trinajstić information content (AvgIpc) is 2.32. The van der Waals surface area contributed by atoms with Crippen molar-refractivity contribution in [3.63, 3.8) is 0 Å². The third-order valence-electron chi connectivity index (χ3n) is 2.32. The van der Waals surface area contributed by atoms with Crippen LogP contribution in [0.1, 0.15) is 16.1 Å². The number of carbonyl (C=O) groups excluding carboxylic acids is 1. The van der Waals surface area contributed by atoms with Crippen LogP contribution in [0.5, 0.6) is 0 Å². The second-order valence-corrected chi connectivity index (χ2v) is 4.55. The highest BCUT2D eigenvalue weighted by Crippen LogP contribution is 2.20. The van der Waals surface area contributed by atoms with Crippen molar-refractivity contribution in [2.75, 3.05) is 5.32 Å². The molecule has 0 spiro atoms. The minimum atomic E-state index is -0.455. The van der Waals surface area contributed by atoms with Gasteiger partial charge in [-0.25, -0.2) is 0 Å². The molecule has 0 unspecified atom stereocenters. The van der Waals surface area contributed by atoms with Gasteiger partial charge in [0.2, 0.25) is 0 Å². The number of anilines is 1. The number of nitrogens with one attached hydrogen (secondary N) is 2. The number of carbonyl (C=O) groups is 1. The average molecular weight is 308 g/mol. The minimum Gasteiger partial charge on any atom is -0.326 e. The van der Waals surface area contributed by atoms with Crippen LogP contribution in [0, 0.1) is 6.92 Å². The Hall–Kier alpha value is -1.95. The summed E-state index contributed by atoms with van der Waals surface area (Å²) in [6.45, 7) is 1.75. The summed E-state index contributed by atoms with van der Waals surface area (Å²) in [6.07, 6.45) is 3.12. The van der Waals surface area contributed by atoms with Crippen molar-refractivity contribution in [1.82, 2.24) is 9.97 Å². The maximum Gasteiger partial charge on any atom is 0.261 e. The quantitative estimate of drug-likeness (QED) is 0.892. The van der Waals surface area contributed by atoms with Crippen LogP contribution in [0.25, 0.3) is 0 Å². The molecule has 0 aliphatic carbocycles. The maximum atomic E-state index is 11.9. The first-order chi connectivity index (χ1) is 8.58. The molecule has 0 aliphatic heterocycles. The monoisotopic (exact) mass is 307 g/mol. The zero-order chi connectivity index (χ0) is 13.1. The molecule has 2 aromatic heterocycles. The largest absolute Gasteiger partial charge is 0.326 e. The number of halogens is 1. The van der Waals surface area contributed by atoms with Gasteiger partial charge in [-0.15, -0.1) is 0 Å². The Morgan fingerprint density at radius 2 is 2.17 bits per heavy atom. The normalized spacial score (nSPS) is 10.1. The van der Waals surface area contributed by atoms with Crippen LogP contribution >= 0.6 is 15.9 Å². The molecule has 5 nitrogen and oxygen atoms in total. The van der Waals surface area contributed by atoms with E-state index >= 15 is 0 Å². The molecule has 2 rings (SSSR count). The molecule has 2 aromatic rings. The standard InChI is InChI=1S/C12H10BrN3O2/c1-7-2-3-8(11(17)15-7)12(18)16-10-4-5-14-6-9(10)13/h2-6H,1H3,(H,15,17)(H,14,16,18). The topological polar surface area (TPSA) is 74.8 Å². The van der Waals surface area contributed by atoms with Crippen LogP contribution in [0.3, 0.4) is 0 Å². The Balaban J connectivity index is 2.28. The summed E-state index contributed by atoms with van der Waals surface area (Å²) in [6, 6.07) is 4.82. The van der Waals surface area contributed by atoms with Crippen LogP contribution < -0.4 is 10.9 Å². The molecule has 1 amide bonds. The molecule has 92 valence electrons. The Morgan fingerprint density at radius 3 is 2.83 bits per heavy atom. The van der Waals surface area contributed by atoms with Crippen LogP contribution in [0.4, 0.5) is 5.69 Å². The Labute approximate surface area is 111 Å². The molecule has 2 N–H and O–H groups in total. The Kier molecular flexibility index (Phi) is 3.57. The number of aryl methyl sites for hydroxylation is 1. The van der Waals surface area contributed by atoms with E-state index in [4.69, 9.17) is 0 Å². The molecule has 2 heterocycles. The van der Waals surface area contributed by atoms with Crippen LogP contribution in [0.2, 0.25) is 0 Å². The lowest BCUT2D eigenvalue weighted by atomic mass is 10.2. The van der Waals surface area contributed by atoms with E-state index in [9.17, 15) is 9.59 Å². The Bertz CT molecular complexity index is 652. The number of hydrogen-bond donors (Lipinski definition) is 2. The summed E-state index contributed by atoms with van der Waals surface area (Å²) in [5, 5.41) is 2.64. The third kappa shape index (κ3) is 2.65. The van der Waals surface area contributed by atoms with E-state index in [-0.39, 0.29) is 5.56 Å². The predicted octanol–water partition coefficient (Wildman–Crippen LogP) is 2.09. The first-order valence-corrected chi connectivity index (χ1v) is 5.98. The van der Waals surface area contributed by atoms with Gasteiger partial charge in [0.1, 0.15) is 5.56 Å². The van der Waals surface area contributed by atoms with E-state index in [1.54, 1.807) is 31.5 Å². The number of hydrogen-bond acceptors (Lipinski definition) is 3. The molecule has 0 radical (unpaired) electrons. The van der Waals surface area contributed by atoms with Crippen LogP contribution in [-0.2, 0) is 0 Å². The van der Waals surface area contributed by atoms with Crippen molar-refractivity contribution in [2.45, 2.75) is 6.92 Å². The van der Waals surface area contributed by atoms with E-state index in [2.05, 4.69) is 31.2 Å². The van der Waals surface area contributed by atoms with Crippen LogP contribution in [0.15, 0.2) is 39.9 Å². The molecule has 0 saturated carbocycles. The predicted molar refractivity (Wildman–Crippen MR) is 71.7 cm³/mol. The summed E-state index contributed by atoms with van der Waals surface area (Å²) in [4.78, 5) is 30.0. The van der Waals surface area contributed by atoms with Gasteiger partial charge in [-0.1, -0.05) is 0 Å². The van der Waals surface area contributed by atoms with Gasteiger partial charge in [0.15, 0.2) is 0 Å². The van der Waals surface area contributed by atoms with E-state index < -0.39 is 11.5 Å². The first-order valence-electron chi connectivity index (χ1n) is 5.18. The molecule has 0 aliphatic rings. The molecule has 0 fully saturated rings. The number of amides is 1. The van der Waals surface area contributed by atoms with Crippen molar-refractivity contribution in [1.29, 1.82) is 0 Å². The van der Waals surface area contributed by atoms with Gasteiger partial charge in [-0.3, -0.25) is 14.6 Å². The molecule has 6 heteroatoms. The van der Waals surface area contributed by atoms with Crippen molar-refractivity contribution in [3.05, 3.63) is 56.7 Å². The zero-order valence-corrected chi connectivity index (χ0v) is 11.1. The lowest BCUT2D eigenvalue weighted by Gasteiger charge is -2.06. The summed E-state index contributed by atoms with van der Waals surface area (Å²) in [5.41, 5.74) is 0.943. The highest BCUT2D eigenvalue weighted by Gasteiger charge is 2.11. The molecule has 18 heavy (non-hydrogen) atoms. The van der Waals surface area contributed by atoms with Gasteiger partial charge in [-0.2, -0.15) is 0 Å². The molecular formula is C12H10BrN3O2. The lowest BCUT2D eigenvalue weighted by Crippen LogP contribution is -2.23. The maximum absolute atomic E-state index is 11.9. The number of nitrogens with zero attached hydrogens (tertiary/aromatic N) is 1. The molecular weight excluding hydrogens is 298 g/mol. The minimum absolute atomic E-state index is 0.0734. The van der Waals surface area contributed by atoms with Gasteiger partial charge in [-0.05, 0) is 41.1 Å². The smallest absolute Gasteiger partial charge is 0.261 e. The fraction of sp³-hybridized carbons (Fsp3) is 0.0833. The van der Waals surface area contributed by atoms with Crippen molar-refractivity contribution >= 4 is 27.5 Å². The summed E-state index contributed by atoms with van der Waals surface area (Å²) < 4.78 is 0.655.